The second-order valence-electron chi connectivity index (χ2n) is 8.83. The third kappa shape index (κ3) is 5.34. The van der Waals surface area contributed by atoms with Crippen LogP contribution in [0.4, 0.5) is 0 Å². The molecular formula is C29H29N3O3. The van der Waals surface area contributed by atoms with Gasteiger partial charge in [0.05, 0.1) is 5.52 Å². The molecule has 4 aromatic rings. The number of aromatic hydroxyl groups is 1. The number of pyridine rings is 2. The minimum absolute atomic E-state index is 0.228. The summed E-state index contributed by atoms with van der Waals surface area (Å²) in [5.41, 5.74) is 5.08. The van der Waals surface area contributed by atoms with Gasteiger partial charge in [-0.1, -0.05) is 35.9 Å². The molecule has 178 valence electrons. The number of nitrogens with zero attached hydrogens (tertiary/aromatic N) is 3. The highest BCUT2D eigenvalue weighted by atomic mass is 16.5. The van der Waals surface area contributed by atoms with E-state index in [1.54, 1.807) is 18.5 Å². The summed E-state index contributed by atoms with van der Waals surface area (Å²) < 4.78 is 5.95. The third-order valence-corrected chi connectivity index (χ3v) is 6.44. The standard InChI is InChI=1S/C29H29N3O3/c33-23(20-35-28-11-3-9-26-24(28)8-5-15-31-26)19-32-16-12-21(13-17-32)29(22-6-4-14-30-18-22)25-7-1-2-10-27(25)34/h1-11,14-15,18,23,33-34H,12-13,16-17,19-20H2. The molecule has 2 aromatic carbocycles. The maximum absolute atomic E-state index is 10.7. The SMILES string of the molecule is Oc1ccccc1C(=C1CCN(CC(O)COc2cccc3ncccc23)CC1)c1cccnc1. The number of likely N-dealkylation sites (tertiary alicyclic amines) is 1. The number of phenols is 1. The summed E-state index contributed by atoms with van der Waals surface area (Å²) in [6.45, 7) is 2.45. The minimum atomic E-state index is -0.594. The van der Waals surface area contributed by atoms with Gasteiger partial charge < -0.3 is 14.9 Å². The van der Waals surface area contributed by atoms with Crippen LogP contribution in [-0.4, -0.2) is 57.4 Å². The first-order valence-corrected chi connectivity index (χ1v) is 12.0. The zero-order chi connectivity index (χ0) is 24.0. The number of aliphatic hydroxyl groups is 1. The van der Waals surface area contributed by atoms with Crippen LogP contribution in [0.2, 0.25) is 0 Å². The summed E-state index contributed by atoms with van der Waals surface area (Å²) in [4.78, 5) is 10.9. The van der Waals surface area contributed by atoms with Gasteiger partial charge in [0.1, 0.15) is 24.2 Å². The van der Waals surface area contributed by atoms with E-state index in [-0.39, 0.29) is 12.4 Å². The number of piperidine rings is 1. The highest BCUT2D eigenvalue weighted by Gasteiger charge is 2.22. The number of fused-ring (bicyclic) bond motifs is 1. The summed E-state index contributed by atoms with van der Waals surface area (Å²) in [5, 5.41) is 22.2. The summed E-state index contributed by atoms with van der Waals surface area (Å²) in [7, 11) is 0. The zero-order valence-corrected chi connectivity index (χ0v) is 19.5. The molecule has 6 heteroatoms. The second kappa shape index (κ2) is 10.7. The Morgan fingerprint density at radius 3 is 2.57 bits per heavy atom. The molecule has 0 bridgehead atoms. The van der Waals surface area contributed by atoms with Crippen LogP contribution in [0.25, 0.3) is 16.5 Å². The van der Waals surface area contributed by atoms with E-state index in [0.29, 0.717) is 6.54 Å². The van der Waals surface area contributed by atoms with Gasteiger partial charge >= 0.3 is 0 Å². The Balaban J connectivity index is 1.24. The summed E-state index contributed by atoms with van der Waals surface area (Å²) in [6, 6.07) is 21.1. The van der Waals surface area contributed by atoms with Crippen LogP contribution in [0, 0.1) is 0 Å². The van der Waals surface area contributed by atoms with Gasteiger partial charge in [-0.2, -0.15) is 0 Å². The molecule has 0 amide bonds. The first-order chi connectivity index (χ1) is 17.2. The first-order valence-electron chi connectivity index (χ1n) is 12.0. The molecule has 0 radical (unpaired) electrons. The van der Waals surface area contributed by atoms with Gasteiger partial charge in [-0.3, -0.25) is 14.9 Å². The fourth-order valence-electron chi connectivity index (χ4n) is 4.74. The fourth-order valence-corrected chi connectivity index (χ4v) is 4.74. The highest BCUT2D eigenvalue weighted by molar-refractivity contribution is 5.85. The molecule has 0 saturated carbocycles. The van der Waals surface area contributed by atoms with Crippen LogP contribution < -0.4 is 4.74 Å². The molecule has 0 aliphatic carbocycles. The normalized spacial score (nSPS) is 15.2. The lowest BCUT2D eigenvalue weighted by atomic mass is 9.88. The first kappa shape index (κ1) is 23.0. The molecule has 1 unspecified atom stereocenters. The largest absolute Gasteiger partial charge is 0.507 e. The minimum Gasteiger partial charge on any atom is -0.507 e. The summed E-state index contributed by atoms with van der Waals surface area (Å²) >= 11 is 0. The van der Waals surface area contributed by atoms with E-state index in [1.807, 2.05) is 66.9 Å². The van der Waals surface area contributed by atoms with Crippen molar-refractivity contribution in [2.24, 2.45) is 0 Å². The van der Waals surface area contributed by atoms with Crippen molar-refractivity contribution in [3.63, 3.8) is 0 Å². The van der Waals surface area contributed by atoms with Gasteiger partial charge in [-0.25, -0.2) is 0 Å². The van der Waals surface area contributed by atoms with Crippen molar-refractivity contribution in [2.45, 2.75) is 18.9 Å². The number of para-hydroxylation sites is 1. The number of rotatable bonds is 7. The molecule has 2 N–H and O–H groups in total. The van der Waals surface area contributed by atoms with Crippen LogP contribution in [0.5, 0.6) is 11.5 Å². The average molecular weight is 468 g/mol. The van der Waals surface area contributed by atoms with Crippen molar-refractivity contribution < 1.29 is 14.9 Å². The van der Waals surface area contributed by atoms with Crippen molar-refractivity contribution in [3.05, 3.63) is 102 Å². The second-order valence-corrected chi connectivity index (χ2v) is 8.83. The smallest absolute Gasteiger partial charge is 0.128 e. The number of aromatic nitrogens is 2. The Morgan fingerprint density at radius 2 is 1.77 bits per heavy atom. The van der Waals surface area contributed by atoms with E-state index in [9.17, 15) is 10.2 Å². The monoisotopic (exact) mass is 467 g/mol. The van der Waals surface area contributed by atoms with E-state index in [2.05, 4.69) is 14.9 Å². The number of hydrogen-bond acceptors (Lipinski definition) is 6. The maximum Gasteiger partial charge on any atom is 0.128 e. The Kier molecular flexibility index (Phi) is 7.02. The molecule has 0 spiro atoms. The van der Waals surface area contributed by atoms with Crippen molar-refractivity contribution in [1.29, 1.82) is 0 Å². The molecule has 6 nitrogen and oxygen atoms in total. The highest BCUT2D eigenvalue weighted by Crippen LogP contribution is 2.36. The number of aliphatic hydroxyl groups excluding tert-OH is 1. The molecule has 1 aliphatic rings. The van der Waals surface area contributed by atoms with Gasteiger partial charge in [0.2, 0.25) is 0 Å². The van der Waals surface area contributed by atoms with E-state index in [1.165, 1.54) is 5.57 Å². The van der Waals surface area contributed by atoms with Crippen LogP contribution in [0.3, 0.4) is 0 Å². The van der Waals surface area contributed by atoms with Gasteiger partial charge in [0.15, 0.2) is 0 Å². The predicted octanol–water partition coefficient (Wildman–Crippen LogP) is 4.67. The predicted molar refractivity (Wildman–Crippen MR) is 137 cm³/mol. The lowest BCUT2D eigenvalue weighted by Crippen LogP contribution is -2.39. The van der Waals surface area contributed by atoms with Crippen LogP contribution in [0.1, 0.15) is 24.0 Å². The Bertz CT molecular complexity index is 1310. The Hall–Kier alpha value is -3.74. The van der Waals surface area contributed by atoms with E-state index in [4.69, 9.17) is 4.74 Å². The van der Waals surface area contributed by atoms with Crippen LogP contribution >= 0.6 is 0 Å². The molecule has 1 atom stereocenters. The van der Waals surface area contributed by atoms with Gasteiger partial charge in [0.25, 0.3) is 0 Å². The number of ether oxygens (including phenoxy) is 1. The van der Waals surface area contributed by atoms with E-state index >= 15 is 0 Å². The molecule has 1 aliphatic heterocycles. The lowest BCUT2D eigenvalue weighted by Gasteiger charge is -2.31. The summed E-state index contributed by atoms with van der Waals surface area (Å²) in [5.74, 6) is 1.01. The fraction of sp³-hybridized carbons (Fsp3) is 0.241. The van der Waals surface area contributed by atoms with Crippen molar-refractivity contribution >= 4 is 16.5 Å². The molecule has 3 heterocycles. The average Bonchev–Trinajstić information content (AvgIpc) is 2.90. The Labute approximate surface area is 205 Å². The molecule has 1 fully saturated rings. The molecular weight excluding hydrogens is 438 g/mol. The topological polar surface area (TPSA) is 78.7 Å². The quantitative estimate of drug-likeness (QED) is 0.411. The van der Waals surface area contributed by atoms with Gasteiger partial charge in [-0.05, 0) is 54.8 Å². The van der Waals surface area contributed by atoms with Gasteiger partial charge in [0, 0.05) is 54.7 Å². The van der Waals surface area contributed by atoms with Crippen molar-refractivity contribution in [1.82, 2.24) is 14.9 Å². The van der Waals surface area contributed by atoms with Gasteiger partial charge in [-0.15, -0.1) is 0 Å². The lowest BCUT2D eigenvalue weighted by molar-refractivity contribution is 0.0661. The molecule has 35 heavy (non-hydrogen) atoms. The number of benzene rings is 2. The third-order valence-electron chi connectivity index (χ3n) is 6.44. The van der Waals surface area contributed by atoms with E-state index in [0.717, 1.165) is 59.3 Å². The zero-order valence-electron chi connectivity index (χ0n) is 19.5. The van der Waals surface area contributed by atoms with E-state index < -0.39 is 6.10 Å². The number of hydrogen-bond donors (Lipinski definition) is 2. The number of phenolic OH excluding ortho intramolecular Hbond substituents is 1. The molecule has 2 aromatic heterocycles. The molecule has 5 rings (SSSR count). The maximum atomic E-state index is 10.7. The molecule has 1 saturated heterocycles. The number of β-amino-alcohol motifs (C(OH)–C–C–N with tert-alkyl or cyclic N) is 1. The van der Waals surface area contributed by atoms with Crippen LogP contribution in [-0.2, 0) is 0 Å². The van der Waals surface area contributed by atoms with Crippen molar-refractivity contribution in [2.75, 3.05) is 26.2 Å². The summed E-state index contributed by atoms with van der Waals surface area (Å²) in [6.07, 6.45) is 6.51. The van der Waals surface area contributed by atoms with Crippen LogP contribution in [0.15, 0.2) is 90.9 Å². The van der Waals surface area contributed by atoms with Crippen molar-refractivity contribution in [3.8, 4) is 11.5 Å². The Morgan fingerprint density at radius 1 is 0.943 bits per heavy atom.